The Bertz CT molecular complexity index is 894. The van der Waals surface area contributed by atoms with Gasteiger partial charge >= 0.3 is 7.60 Å². The molecule has 0 spiro atoms. The fraction of sp³-hybridized carbons (Fsp3) is 0.667. The molecule has 4 unspecified atom stereocenters. The predicted molar refractivity (Wildman–Crippen MR) is 97.9 cm³/mol. The number of anilines is 1. The molecule has 156 valence electrons. The predicted octanol–water partition coefficient (Wildman–Crippen LogP) is -0.698. The van der Waals surface area contributed by atoms with Gasteiger partial charge in [-0.2, -0.15) is 4.98 Å². The van der Waals surface area contributed by atoms with Gasteiger partial charge in [0.05, 0.1) is 26.1 Å². The van der Waals surface area contributed by atoms with Crippen molar-refractivity contribution in [2.24, 2.45) is 0 Å². The number of fused-ring (bicyclic) bond motifs is 1. The first-order chi connectivity index (χ1) is 13.2. The van der Waals surface area contributed by atoms with Crippen molar-refractivity contribution in [3.8, 4) is 0 Å². The SMILES string of the molecule is CCOP(=O)(OCC)c1nc(N)nc2c1ncn2C1OC(CO)C(O)C1(C)O. The Balaban J connectivity index is 2.17. The van der Waals surface area contributed by atoms with Crippen LogP contribution in [-0.4, -0.2) is 72.5 Å². The third kappa shape index (κ3) is 3.30. The van der Waals surface area contributed by atoms with E-state index in [0.717, 1.165) is 0 Å². The lowest BCUT2D eigenvalue weighted by Gasteiger charge is -2.27. The summed E-state index contributed by atoms with van der Waals surface area (Å²) in [5.74, 6) is -0.208. The highest BCUT2D eigenvalue weighted by Gasteiger charge is 2.53. The van der Waals surface area contributed by atoms with Crippen LogP contribution in [0, 0.1) is 0 Å². The van der Waals surface area contributed by atoms with Crippen LogP contribution in [0.2, 0.25) is 0 Å². The second kappa shape index (κ2) is 7.64. The summed E-state index contributed by atoms with van der Waals surface area (Å²) in [5, 5.41) is 30.3. The smallest absolute Gasteiger partial charge is 0.382 e. The Morgan fingerprint density at radius 1 is 1.36 bits per heavy atom. The lowest BCUT2D eigenvalue weighted by molar-refractivity contribution is -0.0950. The second-order valence-corrected chi connectivity index (χ2v) is 8.38. The van der Waals surface area contributed by atoms with E-state index in [2.05, 4.69) is 15.0 Å². The maximum atomic E-state index is 13.2. The fourth-order valence-corrected chi connectivity index (χ4v) is 4.81. The van der Waals surface area contributed by atoms with E-state index in [-0.39, 0.29) is 35.8 Å². The van der Waals surface area contributed by atoms with Crippen LogP contribution < -0.4 is 11.2 Å². The first kappa shape index (κ1) is 21.1. The molecule has 0 aromatic carbocycles. The molecule has 3 heterocycles. The highest BCUT2D eigenvalue weighted by molar-refractivity contribution is 7.62. The number of aromatic nitrogens is 4. The largest absolute Gasteiger partial charge is 0.394 e. The van der Waals surface area contributed by atoms with E-state index in [1.807, 2.05) is 0 Å². The van der Waals surface area contributed by atoms with Crippen molar-refractivity contribution in [1.82, 2.24) is 19.5 Å². The Morgan fingerprint density at radius 2 is 2.00 bits per heavy atom. The standard InChI is InChI=1S/C15H24N5O7P/c1-4-25-28(24,26-5-2)12-9-11(18-14(16)19-12)20(7-17-9)13-15(3,23)10(22)8(6-21)27-13/h7-8,10,13,21-23H,4-6H2,1-3H3,(H2,16,18,19). The zero-order valence-corrected chi connectivity index (χ0v) is 16.6. The van der Waals surface area contributed by atoms with E-state index >= 15 is 0 Å². The lowest BCUT2D eigenvalue weighted by Crippen LogP contribution is -2.44. The molecular weight excluding hydrogens is 393 g/mol. The maximum Gasteiger partial charge on any atom is 0.382 e. The number of hydrogen-bond acceptors (Lipinski definition) is 11. The third-order valence-electron chi connectivity index (χ3n) is 4.47. The van der Waals surface area contributed by atoms with E-state index in [9.17, 15) is 19.9 Å². The molecule has 2 aromatic heterocycles. The lowest BCUT2D eigenvalue weighted by atomic mass is 9.96. The van der Waals surface area contributed by atoms with Crippen LogP contribution in [0.4, 0.5) is 5.95 Å². The molecule has 0 aliphatic carbocycles. The quantitative estimate of drug-likeness (QED) is 0.419. The third-order valence-corrected chi connectivity index (χ3v) is 6.49. The molecule has 12 nitrogen and oxygen atoms in total. The van der Waals surface area contributed by atoms with Crippen molar-refractivity contribution in [1.29, 1.82) is 0 Å². The van der Waals surface area contributed by atoms with E-state index in [4.69, 9.17) is 19.5 Å². The highest BCUT2D eigenvalue weighted by atomic mass is 31.2. The average Bonchev–Trinajstić information content (AvgIpc) is 3.13. The minimum absolute atomic E-state index is 0.0979. The van der Waals surface area contributed by atoms with Crippen LogP contribution in [0.15, 0.2) is 6.33 Å². The molecule has 1 saturated heterocycles. The van der Waals surface area contributed by atoms with Crippen LogP contribution >= 0.6 is 7.60 Å². The van der Waals surface area contributed by atoms with Crippen molar-refractivity contribution >= 4 is 30.1 Å². The summed E-state index contributed by atoms with van der Waals surface area (Å²) in [5.41, 5.74) is 4.15. The van der Waals surface area contributed by atoms with Crippen molar-refractivity contribution in [3.05, 3.63) is 6.33 Å². The van der Waals surface area contributed by atoms with Crippen molar-refractivity contribution in [2.45, 2.75) is 44.8 Å². The number of ether oxygens (including phenoxy) is 1. The molecule has 0 amide bonds. The summed E-state index contributed by atoms with van der Waals surface area (Å²) < 4.78 is 30.8. The number of aliphatic hydroxyl groups excluding tert-OH is 2. The van der Waals surface area contributed by atoms with Crippen molar-refractivity contribution in [2.75, 3.05) is 25.6 Å². The van der Waals surface area contributed by atoms with Gasteiger partial charge in [0.1, 0.15) is 23.3 Å². The molecule has 2 aromatic rings. The van der Waals surface area contributed by atoms with Gasteiger partial charge in [0.2, 0.25) is 5.95 Å². The van der Waals surface area contributed by atoms with Gasteiger partial charge < -0.3 is 34.8 Å². The Hall–Kier alpha value is -1.66. The molecule has 0 radical (unpaired) electrons. The number of imidazole rings is 1. The Kier molecular flexibility index (Phi) is 5.74. The number of nitrogen functional groups attached to an aromatic ring is 1. The van der Waals surface area contributed by atoms with Gasteiger partial charge in [-0.15, -0.1) is 0 Å². The fourth-order valence-electron chi connectivity index (χ4n) is 3.17. The van der Waals surface area contributed by atoms with E-state index < -0.39 is 38.2 Å². The minimum atomic E-state index is -3.82. The highest BCUT2D eigenvalue weighted by Crippen LogP contribution is 2.48. The molecular formula is C15H24N5O7P. The van der Waals surface area contributed by atoms with E-state index in [1.165, 1.54) is 17.8 Å². The number of rotatable bonds is 7. The number of nitrogens with two attached hydrogens (primary N) is 1. The van der Waals surface area contributed by atoms with Gasteiger partial charge in [-0.05, 0) is 20.8 Å². The second-order valence-electron chi connectivity index (χ2n) is 6.44. The van der Waals surface area contributed by atoms with Gasteiger partial charge in [0.25, 0.3) is 0 Å². The molecule has 1 aliphatic rings. The van der Waals surface area contributed by atoms with Gasteiger partial charge in [-0.3, -0.25) is 9.13 Å². The first-order valence-corrected chi connectivity index (χ1v) is 10.3. The van der Waals surface area contributed by atoms with Gasteiger partial charge in [0.15, 0.2) is 17.3 Å². The van der Waals surface area contributed by atoms with Crippen LogP contribution in [0.3, 0.4) is 0 Å². The van der Waals surface area contributed by atoms with Gasteiger partial charge in [-0.1, -0.05) is 0 Å². The zero-order valence-electron chi connectivity index (χ0n) is 15.7. The van der Waals surface area contributed by atoms with Gasteiger partial charge in [0, 0.05) is 0 Å². The summed E-state index contributed by atoms with van der Waals surface area (Å²) in [6.45, 7) is 4.40. The summed E-state index contributed by atoms with van der Waals surface area (Å²) >= 11 is 0. The number of nitrogens with zero attached hydrogens (tertiary/aromatic N) is 4. The molecule has 1 aliphatic heterocycles. The minimum Gasteiger partial charge on any atom is -0.394 e. The molecule has 3 rings (SSSR count). The van der Waals surface area contributed by atoms with E-state index in [1.54, 1.807) is 13.8 Å². The normalized spacial score (nSPS) is 28.3. The molecule has 5 N–H and O–H groups in total. The van der Waals surface area contributed by atoms with Crippen LogP contribution in [-0.2, 0) is 18.3 Å². The number of hydrogen-bond donors (Lipinski definition) is 4. The summed E-state index contributed by atoms with van der Waals surface area (Å²) in [6.07, 6.45) is -2.20. The van der Waals surface area contributed by atoms with Gasteiger partial charge in [-0.25, -0.2) is 9.97 Å². The zero-order chi connectivity index (χ0) is 20.7. The van der Waals surface area contributed by atoms with Crippen molar-refractivity contribution < 1.29 is 33.7 Å². The topological polar surface area (TPSA) is 175 Å². The van der Waals surface area contributed by atoms with Crippen molar-refractivity contribution in [3.63, 3.8) is 0 Å². The summed E-state index contributed by atoms with van der Waals surface area (Å²) in [7, 11) is -3.82. The molecule has 0 bridgehead atoms. The first-order valence-electron chi connectivity index (χ1n) is 8.76. The molecule has 0 saturated carbocycles. The summed E-state index contributed by atoms with van der Waals surface area (Å²) in [6, 6.07) is 0. The number of aliphatic hydroxyl groups is 3. The maximum absolute atomic E-state index is 13.2. The Labute approximate surface area is 160 Å². The summed E-state index contributed by atoms with van der Waals surface area (Å²) in [4.78, 5) is 12.3. The van der Waals surface area contributed by atoms with E-state index in [0.29, 0.717) is 0 Å². The molecule has 13 heteroatoms. The monoisotopic (exact) mass is 417 g/mol. The van der Waals surface area contributed by atoms with Crippen LogP contribution in [0.5, 0.6) is 0 Å². The average molecular weight is 417 g/mol. The Morgan fingerprint density at radius 3 is 2.54 bits per heavy atom. The molecule has 4 atom stereocenters. The van der Waals surface area contributed by atoms with Crippen LogP contribution in [0.1, 0.15) is 27.0 Å². The molecule has 1 fully saturated rings. The van der Waals surface area contributed by atoms with Crippen LogP contribution in [0.25, 0.3) is 11.2 Å². The molecule has 28 heavy (non-hydrogen) atoms.